The van der Waals surface area contributed by atoms with Gasteiger partial charge in [-0.25, -0.2) is 0 Å². The molecule has 0 aliphatic carbocycles. The molecular formula is C45H73NO4. The molecule has 0 spiro atoms. The Morgan fingerprint density at radius 2 is 0.840 bits per heavy atom. The summed E-state index contributed by atoms with van der Waals surface area (Å²) in [6.07, 6.45) is 32.4. The zero-order chi connectivity index (χ0) is 36.3. The topological polar surface area (TPSA) is 65.5 Å². The summed E-state index contributed by atoms with van der Waals surface area (Å²) < 4.78 is 11.4. The standard InChI is InChI=1S/C45H73NO4/c1-5-9-13-17-21-31-42(32-22-18-14-10-6-2)44(47)49-35-27-25-29-40-37-41(39-46-38-40)30-26-28-36-50-45(48)43(33-23-19-15-11-7-3)34-24-20-16-12-8-4/h37-39,42-43H,5-24,27-28,31-36H2,1-4H3. The molecule has 0 N–H and O–H groups in total. The first kappa shape index (κ1) is 45.2. The van der Waals surface area contributed by atoms with Gasteiger partial charge in [0.05, 0.1) is 11.8 Å². The Hall–Kier alpha value is -2.79. The molecule has 5 heteroatoms. The number of aromatic nitrogens is 1. The molecule has 5 nitrogen and oxygen atoms in total. The number of esters is 2. The van der Waals surface area contributed by atoms with E-state index >= 15 is 0 Å². The lowest BCUT2D eigenvalue weighted by atomic mass is 9.94. The van der Waals surface area contributed by atoms with Gasteiger partial charge < -0.3 is 9.47 Å². The number of carbonyl (C=O) groups excluding carboxylic acids is 2. The molecule has 0 bridgehead atoms. The van der Waals surface area contributed by atoms with E-state index in [1.54, 1.807) is 12.4 Å². The first-order valence-electron chi connectivity index (χ1n) is 20.8. The number of hydrogen-bond donors (Lipinski definition) is 0. The van der Waals surface area contributed by atoms with Crippen molar-refractivity contribution < 1.29 is 19.1 Å². The fraction of sp³-hybridized carbons (Fsp3) is 0.756. The van der Waals surface area contributed by atoms with Crippen molar-refractivity contribution in [2.45, 2.75) is 195 Å². The second kappa shape index (κ2) is 33.4. The summed E-state index contributed by atoms with van der Waals surface area (Å²) in [6.45, 7) is 9.55. The molecule has 0 aromatic carbocycles. The van der Waals surface area contributed by atoms with Crippen LogP contribution in [-0.4, -0.2) is 30.1 Å². The van der Waals surface area contributed by atoms with Crippen LogP contribution in [0.15, 0.2) is 18.5 Å². The molecule has 0 unspecified atom stereocenters. The highest BCUT2D eigenvalue weighted by molar-refractivity contribution is 5.72. The molecule has 0 radical (unpaired) electrons. The number of ether oxygens (including phenoxy) is 2. The summed E-state index contributed by atoms with van der Waals surface area (Å²) >= 11 is 0. The predicted octanol–water partition coefficient (Wildman–Crippen LogP) is 12.3. The third kappa shape index (κ3) is 25.2. The maximum atomic E-state index is 12.9. The lowest BCUT2D eigenvalue weighted by Gasteiger charge is -2.15. The smallest absolute Gasteiger partial charge is 0.308 e. The van der Waals surface area contributed by atoms with Gasteiger partial charge in [0.25, 0.3) is 0 Å². The lowest BCUT2D eigenvalue weighted by molar-refractivity contribution is -0.149. The van der Waals surface area contributed by atoms with Crippen molar-refractivity contribution in [1.29, 1.82) is 0 Å². The summed E-state index contributed by atoms with van der Waals surface area (Å²) in [5.41, 5.74) is 1.57. The Morgan fingerprint density at radius 3 is 1.16 bits per heavy atom. The number of hydrogen-bond acceptors (Lipinski definition) is 5. The van der Waals surface area contributed by atoms with Gasteiger partial charge in [-0.2, -0.15) is 0 Å². The molecule has 282 valence electrons. The van der Waals surface area contributed by atoms with Crippen molar-refractivity contribution in [3.05, 3.63) is 29.6 Å². The quantitative estimate of drug-likeness (QED) is 0.0456. The molecule has 1 heterocycles. The molecule has 50 heavy (non-hydrogen) atoms. The van der Waals surface area contributed by atoms with Gasteiger partial charge in [0.15, 0.2) is 0 Å². The van der Waals surface area contributed by atoms with Gasteiger partial charge in [-0.05, 0) is 31.7 Å². The molecule has 0 fully saturated rings. The van der Waals surface area contributed by atoms with Crippen molar-refractivity contribution in [2.24, 2.45) is 11.8 Å². The Bertz CT molecular complexity index is 996. The van der Waals surface area contributed by atoms with Crippen molar-refractivity contribution in [2.75, 3.05) is 13.2 Å². The predicted molar refractivity (Wildman–Crippen MR) is 210 cm³/mol. The first-order valence-corrected chi connectivity index (χ1v) is 20.8. The highest BCUT2D eigenvalue weighted by Crippen LogP contribution is 2.22. The summed E-state index contributed by atoms with van der Waals surface area (Å²) in [4.78, 5) is 30.1. The maximum absolute atomic E-state index is 12.9. The largest absolute Gasteiger partial charge is 0.464 e. The van der Waals surface area contributed by atoms with Crippen molar-refractivity contribution in [1.82, 2.24) is 4.98 Å². The van der Waals surface area contributed by atoms with E-state index in [2.05, 4.69) is 56.4 Å². The summed E-state index contributed by atoms with van der Waals surface area (Å²) in [5.74, 6) is 12.5. The minimum atomic E-state index is -0.0530. The van der Waals surface area contributed by atoms with Crippen LogP contribution in [0.5, 0.6) is 0 Å². The second-order valence-electron chi connectivity index (χ2n) is 14.1. The molecule has 0 saturated carbocycles. The zero-order valence-electron chi connectivity index (χ0n) is 32.8. The number of rotatable bonds is 30. The fourth-order valence-corrected chi connectivity index (χ4v) is 6.28. The third-order valence-electron chi connectivity index (χ3n) is 9.44. The van der Waals surface area contributed by atoms with Crippen LogP contribution in [-0.2, 0) is 19.1 Å². The average molecular weight is 692 g/mol. The van der Waals surface area contributed by atoms with E-state index in [0.717, 1.165) is 62.5 Å². The number of carbonyl (C=O) groups is 2. The number of nitrogens with zero attached hydrogens (tertiary/aromatic N) is 1. The van der Waals surface area contributed by atoms with Crippen LogP contribution in [0.2, 0.25) is 0 Å². The minimum absolute atomic E-state index is 0.0104. The Morgan fingerprint density at radius 1 is 0.520 bits per heavy atom. The number of pyridine rings is 1. The molecular weight excluding hydrogens is 618 g/mol. The highest BCUT2D eigenvalue weighted by atomic mass is 16.5. The molecule has 0 saturated heterocycles. The van der Waals surface area contributed by atoms with Crippen LogP contribution in [0.4, 0.5) is 0 Å². The van der Waals surface area contributed by atoms with Gasteiger partial charge in [0.2, 0.25) is 0 Å². The Kier molecular flexibility index (Phi) is 30.2. The van der Waals surface area contributed by atoms with E-state index in [9.17, 15) is 9.59 Å². The van der Waals surface area contributed by atoms with Crippen LogP contribution < -0.4 is 0 Å². The van der Waals surface area contributed by atoms with Gasteiger partial charge in [-0.15, -0.1) is 0 Å². The van der Waals surface area contributed by atoms with E-state index in [1.807, 2.05) is 6.07 Å². The highest BCUT2D eigenvalue weighted by Gasteiger charge is 2.20. The molecule has 0 atom stereocenters. The van der Waals surface area contributed by atoms with Crippen molar-refractivity contribution in [3.8, 4) is 23.7 Å². The third-order valence-corrected chi connectivity index (χ3v) is 9.44. The van der Waals surface area contributed by atoms with Gasteiger partial charge in [-0.3, -0.25) is 14.6 Å². The van der Waals surface area contributed by atoms with Crippen LogP contribution >= 0.6 is 0 Å². The summed E-state index contributed by atoms with van der Waals surface area (Å²) in [6, 6.07) is 1.92. The van der Waals surface area contributed by atoms with E-state index in [4.69, 9.17) is 9.47 Å². The van der Waals surface area contributed by atoms with E-state index < -0.39 is 0 Å². The molecule has 0 amide bonds. The first-order chi connectivity index (χ1) is 24.5. The van der Waals surface area contributed by atoms with Gasteiger partial charge in [0, 0.05) is 36.4 Å². The van der Waals surface area contributed by atoms with Gasteiger partial charge in [0.1, 0.15) is 13.2 Å². The van der Waals surface area contributed by atoms with Crippen LogP contribution in [0, 0.1) is 35.5 Å². The SMILES string of the molecule is CCCCCCCC(CCCCCCC)C(=O)OCCC#Cc1cncc(C#CCCOC(=O)C(CCCCCCC)CCCCCCC)c1. The normalized spacial score (nSPS) is 10.8. The molecule has 1 aromatic heterocycles. The second-order valence-corrected chi connectivity index (χ2v) is 14.1. The average Bonchev–Trinajstić information content (AvgIpc) is 3.12. The van der Waals surface area contributed by atoms with E-state index in [0.29, 0.717) is 26.1 Å². The van der Waals surface area contributed by atoms with Gasteiger partial charge >= 0.3 is 11.9 Å². The maximum Gasteiger partial charge on any atom is 0.308 e. The monoisotopic (exact) mass is 692 g/mol. The van der Waals surface area contributed by atoms with Crippen molar-refractivity contribution in [3.63, 3.8) is 0 Å². The minimum Gasteiger partial charge on any atom is -0.464 e. The summed E-state index contributed by atoms with van der Waals surface area (Å²) in [5, 5.41) is 0. The van der Waals surface area contributed by atoms with Crippen molar-refractivity contribution >= 4 is 11.9 Å². The van der Waals surface area contributed by atoms with Gasteiger partial charge in [-0.1, -0.05) is 180 Å². The molecule has 1 rings (SSSR count). The molecule has 1 aromatic rings. The molecule has 0 aliphatic heterocycles. The van der Waals surface area contributed by atoms with Crippen LogP contribution in [0.1, 0.15) is 206 Å². The Balaban J connectivity index is 2.52. The summed E-state index contributed by atoms with van der Waals surface area (Å²) in [7, 11) is 0. The Labute approximate surface area is 308 Å². The van der Waals surface area contributed by atoms with E-state index in [1.165, 1.54) is 103 Å². The zero-order valence-corrected chi connectivity index (χ0v) is 32.8. The van der Waals surface area contributed by atoms with Crippen LogP contribution in [0.25, 0.3) is 0 Å². The molecule has 0 aliphatic rings. The fourth-order valence-electron chi connectivity index (χ4n) is 6.28. The van der Waals surface area contributed by atoms with E-state index in [-0.39, 0.29) is 23.8 Å². The number of unbranched alkanes of at least 4 members (excludes halogenated alkanes) is 16. The van der Waals surface area contributed by atoms with Crippen LogP contribution in [0.3, 0.4) is 0 Å². The lowest BCUT2D eigenvalue weighted by Crippen LogP contribution is -2.18.